The van der Waals surface area contributed by atoms with Gasteiger partial charge in [0.05, 0.1) is 29.0 Å². The zero-order valence-electron chi connectivity index (χ0n) is 19.6. The Labute approximate surface area is 217 Å². The molecule has 0 atom stereocenters. The summed E-state index contributed by atoms with van der Waals surface area (Å²) in [6, 6.07) is 27.1. The molecule has 1 saturated heterocycles. The highest BCUT2D eigenvalue weighted by molar-refractivity contribution is 8.18. The molecule has 1 amide bonds. The molecule has 8 heteroatoms. The number of amidine groups is 1. The Morgan fingerprint density at radius 2 is 1.81 bits per heavy atom. The van der Waals surface area contributed by atoms with E-state index in [2.05, 4.69) is 0 Å². The number of carboxylic acids is 1. The number of aliphatic imine (C=N–C) groups is 1. The maximum absolute atomic E-state index is 13.3. The molecule has 5 rings (SSSR count). The van der Waals surface area contributed by atoms with E-state index in [1.807, 2.05) is 72.8 Å². The monoisotopic (exact) mass is 510 g/mol. The van der Waals surface area contributed by atoms with E-state index in [0.29, 0.717) is 21.6 Å². The number of furan rings is 1. The molecule has 0 unspecified atom stereocenters. The highest BCUT2D eigenvalue weighted by atomic mass is 32.2. The molecule has 1 aromatic heterocycles. The van der Waals surface area contributed by atoms with Gasteiger partial charge in [0.15, 0.2) is 5.17 Å². The molecule has 1 aliphatic heterocycles. The fourth-order valence-corrected chi connectivity index (χ4v) is 4.67. The maximum Gasteiger partial charge on any atom is 0.335 e. The van der Waals surface area contributed by atoms with Gasteiger partial charge in [-0.1, -0.05) is 42.5 Å². The second kappa shape index (κ2) is 11.0. The van der Waals surface area contributed by atoms with Crippen LogP contribution in [0.5, 0.6) is 5.75 Å². The second-order valence-corrected chi connectivity index (χ2v) is 9.18. The summed E-state index contributed by atoms with van der Waals surface area (Å²) < 4.78 is 11.3. The molecule has 37 heavy (non-hydrogen) atoms. The maximum atomic E-state index is 13.3. The second-order valence-electron chi connectivity index (χ2n) is 8.17. The number of rotatable bonds is 8. The number of hydrogen-bond acceptors (Lipinski definition) is 6. The SMILES string of the molecule is O=C(O)c1cccc(COc2ccc(/C=C3\SC(=Nc4ccccc4)N(Cc4ccco4)C3=O)cc2)c1. The van der Waals surface area contributed by atoms with Gasteiger partial charge >= 0.3 is 5.97 Å². The highest BCUT2D eigenvalue weighted by Gasteiger charge is 2.34. The van der Waals surface area contributed by atoms with Crippen LogP contribution in [0.15, 0.2) is 112 Å². The van der Waals surface area contributed by atoms with Crippen molar-refractivity contribution < 1.29 is 23.8 Å². The number of carboxylic acid groups (broad SMARTS) is 1. The molecule has 2 heterocycles. The van der Waals surface area contributed by atoms with Gasteiger partial charge in [-0.2, -0.15) is 0 Å². The van der Waals surface area contributed by atoms with E-state index >= 15 is 0 Å². The van der Waals surface area contributed by atoms with E-state index in [0.717, 1.165) is 16.8 Å². The quantitative estimate of drug-likeness (QED) is 0.277. The van der Waals surface area contributed by atoms with Gasteiger partial charge in [0, 0.05) is 0 Å². The normalized spacial score (nSPS) is 15.5. The Hall–Kier alpha value is -4.56. The Bertz CT molecular complexity index is 1460. The van der Waals surface area contributed by atoms with Crippen molar-refractivity contribution in [2.45, 2.75) is 13.2 Å². The first kappa shape index (κ1) is 24.1. The van der Waals surface area contributed by atoms with Crippen molar-refractivity contribution in [1.82, 2.24) is 4.90 Å². The van der Waals surface area contributed by atoms with Crippen LogP contribution in [-0.4, -0.2) is 27.1 Å². The fraction of sp³-hybridized carbons (Fsp3) is 0.0690. The summed E-state index contributed by atoms with van der Waals surface area (Å²) in [5.74, 6) is 0.193. The van der Waals surface area contributed by atoms with Gasteiger partial charge in [-0.15, -0.1) is 0 Å². The lowest BCUT2D eigenvalue weighted by Crippen LogP contribution is -2.28. The average molecular weight is 511 g/mol. The van der Waals surface area contributed by atoms with Crippen LogP contribution in [-0.2, 0) is 17.9 Å². The van der Waals surface area contributed by atoms with E-state index in [1.54, 1.807) is 35.4 Å². The van der Waals surface area contributed by atoms with Crippen molar-refractivity contribution in [3.05, 3.63) is 125 Å². The van der Waals surface area contributed by atoms with E-state index in [1.165, 1.54) is 11.8 Å². The van der Waals surface area contributed by atoms with Crippen LogP contribution in [0.2, 0.25) is 0 Å². The molecule has 0 bridgehead atoms. The van der Waals surface area contributed by atoms with E-state index in [4.69, 9.17) is 19.3 Å². The summed E-state index contributed by atoms with van der Waals surface area (Å²) >= 11 is 1.32. The van der Waals surface area contributed by atoms with Crippen molar-refractivity contribution in [3.8, 4) is 5.75 Å². The molecule has 0 radical (unpaired) electrons. The molecular weight excluding hydrogens is 488 g/mol. The summed E-state index contributed by atoms with van der Waals surface area (Å²) in [6.45, 7) is 0.536. The first-order valence-electron chi connectivity index (χ1n) is 11.5. The standard InChI is InChI=1S/C29H22N2O5S/c32-27-26(37-29(30-23-8-2-1-3-9-23)31(27)18-25-10-5-15-35-25)17-20-11-13-24(14-12-20)36-19-21-6-4-7-22(16-21)28(33)34/h1-17H,18-19H2,(H,33,34)/b26-17-,30-29?. The Morgan fingerprint density at radius 3 is 2.54 bits per heavy atom. The lowest BCUT2D eigenvalue weighted by atomic mass is 10.1. The minimum Gasteiger partial charge on any atom is -0.489 e. The van der Waals surface area contributed by atoms with Crippen molar-refractivity contribution in [2.24, 2.45) is 4.99 Å². The predicted molar refractivity (Wildman–Crippen MR) is 143 cm³/mol. The van der Waals surface area contributed by atoms with Crippen molar-refractivity contribution in [2.75, 3.05) is 0 Å². The molecule has 1 aliphatic rings. The van der Waals surface area contributed by atoms with Gasteiger partial charge in [0.2, 0.25) is 0 Å². The van der Waals surface area contributed by atoms with Crippen molar-refractivity contribution in [1.29, 1.82) is 0 Å². The van der Waals surface area contributed by atoms with Crippen LogP contribution in [0.1, 0.15) is 27.2 Å². The van der Waals surface area contributed by atoms with Gasteiger partial charge in [-0.05, 0) is 77.5 Å². The van der Waals surface area contributed by atoms with Crippen LogP contribution >= 0.6 is 11.8 Å². The van der Waals surface area contributed by atoms with E-state index in [9.17, 15) is 9.59 Å². The number of carbonyl (C=O) groups excluding carboxylic acids is 1. The molecule has 0 spiro atoms. The number of aromatic carboxylic acids is 1. The van der Waals surface area contributed by atoms with Crippen molar-refractivity contribution in [3.63, 3.8) is 0 Å². The van der Waals surface area contributed by atoms with Crippen LogP contribution in [0.4, 0.5) is 5.69 Å². The molecule has 1 fully saturated rings. The zero-order valence-corrected chi connectivity index (χ0v) is 20.4. The molecule has 4 aromatic rings. The average Bonchev–Trinajstić information content (AvgIpc) is 3.53. The lowest BCUT2D eigenvalue weighted by Gasteiger charge is -2.13. The predicted octanol–water partition coefficient (Wildman–Crippen LogP) is 6.36. The number of para-hydroxylation sites is 1. The Morgan fingerprint density at radius 1 is 1.00 bits per heavy atom. The summed E-state index contributed by atoms with van der Waals surface area (Å²) in [6.07, 6.45) is 3.41. The smallest absolute Gasteiger partial charge is 0.335 e. The minimum atomic E-state index is -0.974. The fourth-order valence-electron chi connectivity index (χ4n) is 3.67. The lowest BCUT2D eigenvalue weighted by molar-refractivity contribution is -0.122. The third-order valence-corrected chi connectivity index (χ3v) is 6.53. The number of nitrogens with zero attached hydrogens (tertiary/aromatic N) is 2. The van der Waals surface area contributed by atoms with E-state index < -0.39 is 5.97 Å². The number of amides is 1. The minimum absolute atomic E-state index is 0.144. The molecule has 3 aromatic carbocycles. The number of benzene rings is 3. The topological polar surface area (TPSA) is 92.3 Å². The number of ether oxygens (including phenoxy) is 1. The number of carbonyl (C=O) groups is 2. The van der Waals surface area contributed by atoms with Gasteiger partial charge in [0.1, 0.15) is 18.1 Å². The Balaban J connectivity index is 1.31. The summed E-state index contributed by atoms with van der Waals surface area (Å²) in [5, 5.41) is 9.73. The van der Waals surface area contributed by atoms with Crippen LogP contribution in [0, 0.1) is 0 Å². The third kappa shape index (κ3) is 5.99. The van der Waals surface area contributed by atoms with Gasteiger partial charge < -0.3 is 14.3 Å². The molecular formula is C29H22N2O5S. The Kier molecular flexibility index (Phi) is 7.19. The molecule has 0 aliphatic carbocycles. The van der Waals surface area contributed by atoms with Gasteiger partial charge in [0.25, 0.3) is 5.91 Å². The van der Waals surface area contributed by atoms with Crippen LogP contribution < -0.4 is 4.74 Å². The highest BCUT2D eigenvalue weighted by Crippen LogP contribution is 2.35. The van der Waals surface area contributed by atoms with Gasteiger partial charge in [-0.3, -0.25) is 9.69 Å². The van der Waals surface area contributed by atoms with E-state index in [-0.39, 0.29) is 24.6 Å². The summed E-state index contributed by atoms with van der Waals surface area (Å²) in [7, 11) is 0. The van der Waals surface area contributed by atoms with Crippen molar-refractivity contribution >= 4 is 40.6 Å². The van der Waals surface area contributed by atoms with Crippen LogP contribution in [0.25, 0.3) is 6.08 Å². The molecule has 7 nitrogen and oxygen atoms in total. The van der Waals surface area contributed by atoms with Crippen LogP contribution in [0.3, 0.4) is 0 Å². The largest absolute Gasteiger partial charge is 0.489 e. The third-order valence-electron chi connectivity index (χ3n) is 5.52. The number of thioether (sulfide) groups is 1. The molecule has 184 valence electrons. The summed E-state index contributed by atoms with van der Waals surface area (Å²) in [4.78, 5) is 31.3. The zero-order chi connectivity index (χ0) is 25.6. The summed E-state index contributed by atoms with van der Waals surface area (Å²) in [5.41, 5.74) is 2.59. The van der Waals surface area contributed by atoms with Gasteiger partial charge in [-0.25, -0.2) is 9.79 Å². The molecule has 0 saturated carbocycles. The first-order chi connectivity index (χ1) is 18.0. The number of hydrogen-bond donors (Lipinski definition) is 1. The first-order valence-corrected chi connectivity index (χ1v) is 12.3. The molecule has 1 N–H and O–H groups in total.